The molecule has 3 amide bonds. The number of likely N-dealkylation sites (N-methyl/N-ethyl adjacent to an activating group) is 1. The van der Waals surface area contributed by atoms with Crippen molar-refractivity contribution in [1.82, 2.24) is 15.2 Å². The summed E-state index contributed by atoms with van der Waals surface area (Å²) in [5.41, 5.74) is -1.09. The lowest BCUT2D eigenvalue weighted by Crippen LogP contribution is -2.65. The van der Waals surface area contributed by atoms with Gasteiger partial charge in [-0.15, -0.1) is 0 Å². The second kappa shape index (κ2) is 11.1. The molecule has 0 unspecified atom stereocenters. The molecular weight excluding hydrogens is 557 g/mol. The average Bonchev–Trinajstić information content (AvgIpc) is 3.06. The van der Waals surface area contributed by atoms with Gasteiger partial charge >= 0.3 is 12.1 Å². The van der Waals surface area contributed by atoms with Crippen molar-refractivity contribution >= 4 is 23.4 Å². The van der Waals surface area contributed by atoms with Gasteiger partial charge in [-0.3, -0.25) is 19.4 Å². The molecular formula is C29H23F3N4O6. The summed E-state index contributed by atoms with van der Waals surface area (Å²) >= 11 is 0. The van der Waals surface area contributed by atoms with Crippen LogP contribution in [-0.4, -0.2) is 77.3 Å². The lowest BCUT2D eigenvalue weighted by molar-refractivity contribution is -0.198. The fraction of sp³-hybridized carbons (Fsp3) is 0.241. The number of aromatic nitrogens is 1. The van der Waals surface area contributed by atoms with E-state index in [0.717, 1.165) is 0 Å². The molecule has 0 aliphatic carbocycles. The summed E-state index contributed by atoms with van der Waals surface area (Å²) in [7, 11) is 1.48. The van der Waals surface area contributed by atoms with Gasteiger partial charge in [0, 0.05) is 24.9 Å². The molecule has 2 aromatic carbocycles. The molecule has 13 heteroatoms. The van der Waals surface area contributed by atoms with E-state index in [9.17, 15) is 32.7 Å². The Kier molecular flexibility index (Phi) is 7.49. The topological polar surface area (TPSA) is 121 Å². The molecule has 3 aromatic rings. The van der Waals surface area contributed by atoms with Crippen molar-refractivity contribution in [2.75, 3.05) is 31.6 Å². The molecule has 1 fully saturated rings. The Balaban J connectivity index is 1.25. The van der Waals surface area contributed by atoms with Crippen LogP contribution >= 0.6 is 0 Å². The van der Waals surface area contributed by atoms with E-state index in [0.29, 0.717) is 33.4 Å². The van der Waals surface area contributed by atoms with Crippen LogP contribution in [0.15, 0.2) is 66.9 Å². The van der Waals surface area contributed by atoms with E-state index in [1.54, 1.807) is 30.3 Å². The lowest BCUT2D eigenvalue weighted by Gasteiger charge is -2.43. The summed E-state index contributed by atoms with van der Waals surface area (Å²) < 4.78 is 49.2. The van der Waals surface area contributed by atoms with Gasteiger partial charge in [0.05, 0.1) is 18.8 Å². The summed E-state index contributed by atoms with van der Waals surface area (Å²) in [5.74, 6) is 3.32. The lowest BCUT2D eigenvalue weighted by atomic mass is 9.94. The Morgan fingerprint density at radius 3 is 2.57 bits per heavy atom. The molecule has 5 rings (SSSR count). The number of halogens is 3. The van der Waals surface area contributed by atoms with E-state index >= 15 is 0 Å². The molecule has 1 saturated heterocycles. The van der Waals surface area contributed by atoms with Crippen LogP contribution in [0.3, 0.4) is 0 Å². The molecule has 2 aliphatic heterocycles. The van der Waals surface area contributed by atoms with Gasteiger partial charge in [-0.1, -0.05) is 30.0 Å². The van der Waals surface area contributed by atoms with Crippen molar-refractivity contribution in [3.05, 3.63) is 78.1 Å². The number of carbonyl (C=O) groups is 3. The number of pyridine rings is 1. The Hall–Kier alpha value is -5.09. The predicted octanol–water partition coefficient (Wildman–Crippen LogP) is 2.51. The average molecular weight is 581 g/mol. The van der Waals surface area contributed by atoms with Crippen molar-refractivity contribution in [3.8, 4) is 29.1 Å². The zero-order chi connectivity index (χ0) is 30.1. The fourth-order valence-corrected chi connectivity index (χ4v) is 4.31. The molecule has 0 bridgehead atoms. The highest BCUT2D eigenvalue weighted by Crippen LogP contribution is 2.32. The van der Waals surface area contributed by atoms with Crippen LogP contribution in [0.25, 0.3) is 0 Å². The van der Waals surface area contributed by atoms with Gasteiger partial charge in [-0.2, -0.15) is 13.2 Å². The van der Waals surface area contributed by atoms with E-state index in [-0.39, 0.29) is 12.3 Å². The molecule has 0 spiro atoms. The van der Waals surface area contributed by atoms with E-state index in [4.69, 9.17) is 9.47 Å². The summed E-state index contributed by atoms with van der Waals surface area (Å²) in [6.07, 6.45) is -3.62. The molecule has 42 heavy (non-hydrogen) atoms. The first-order valence-electron chi connectivity index (χ1n) is 12.6. The van der Waals surface area contributed by atoms with E-state index < -0.39 is 48.6 Å². The number of alkyl halides is 3. The molecule has 2 N–H and O–H groups in total. The molecule has 3 heterocycles. The van der Waals surface area contributed by atoms with Crippen molar-refractivity contribution in [3.63, 3.8) is 0 Å². The summed E-state index contributed by atoms with van der Waals surface area (Å²) in [5, 5.41) is 13.0. The number of anilines is 1. The summed E-state index contributed by atoms with van der Waals surface area (Å²) in [6.45, 7) is -1.33. The standard InChI is InChI=1S/C29H23F3N4O6/c1-35-23-13-18(9-11-28(40)16-36(17-28)27(39)29(30,31)32)7-8-24(23)41-15-22(26(35)38)34-25(37)21-14-20(10-12-33-21)42-19-5-3-2-4-6-19/h2-8,10,12-14,22,40H,15-17H2,1H3,(H,34,37)/t22-/m0/s1. The van der Waals surface area contributed by atoms with Crippen LogP contribution in [0.1, 0.15) is 16.1 Å². The smallest absolute Gasteiger partial charge is 0.471 e. The first-order valence-corrected chi connectivity index (χ1v) is 12.6. The number of carbonyl (C=O) groups excluding carboxylic acids is 3. The van der Waals surface area contributed by atoms with Gasteiger partial charge < -0.3 is 29.7 Å². The Bertz CT molecular complexity index is 1600. The first-order chi connectivity index (χ1) is 19.9. The van der Waals surface area contributed by atoms with Crippen molar-refractivity contribution in [2.45, 2.75) is 17.8 Å². The highest BCUT2D eigenvalue weighted by Gasteiger charge is 2.51. The number of aliphatic hydroxyl groups is 1. The Labute approximate surface area is 237 Å². The maximum Gasteiger partial charge on any atom is 0.471 e. The molecule has 2 aliphatic rings. The second-order valence-electron chi connectivity index (χ2n) is 9.65. The molecule has 1 aromatic heterocycles. The molecule has 0 saturated carbocycles. The van der Waals surface area contributed by atoms with E-state index in [1.165, 1.54) is 30.3 Å². The summed E-state index contributed by atoms with van der Waals surface area (Å²) in [4.78, 5) is 43.3. The van der Waals surface area contributed by atoms with Crippen LogP contribution in [0.5, 0.6) is 17.2 Å². The number of benzene rings is 2. The van der Waals surface area contributed by atoms with Crippen LogP contribution in [-0.2, 0) is 9.59 Å². The van der Waals surface area contributed by atoms with Gasteiger partial charge in [-0.05, 0) is 36.4 Å². The van der Waals surface area contributed by atoms with Crippen LogP contribution in [0.4, 0.5) is 18.9 Å². The maximum atomic E-state index is 13.2. The molecule has 1 atom stereocenters. The van der Waals surface area contributed by atoms with Crippen LogP contribution in [0, 0.1) is 11.8 Å². The number of ether oxygens (including phenoxy) is 2. The highest BCUT2D eigenvalue weighted by atomic mass is 19.4. The van der Waals surface area contributed by atoms with Crippen LogP contribution < -0.4 is 19.7 Å². The minimum atomic E-state index is -5.03. The van der Waals surface area contributed by atoms with Gasteiger partial charge in [0.1, 0.15) is 35.6 Å². The van der Waals surface area contributed by atoms with Crippen molar-refractivity contribution < 1.29 is 42.1 Å². The number of β-amino-alcohol motifs (C(OH)–C–C–N with tert-alkyl or cyclic N) is 1. The van der Waals surface area contributed by atoms with Crippen molar-refractivity contribution in [1.29, 1.82) is 0 Å². The zero-order valence-electron chi connectivity index (χ0n) is 22.0. The Morgan fingerprint density at radius 2 is 1.86 bits per heavy atom. The number of nitrogens with zero attached hydrogens (tertiary/aromatic N) is 3. The minimum absolute atomic E-state index is 0.0302. The SMILES string of the molecule is CN1C(=O)[C@@H](NC(=O)c2cc(Oc3ccccc3)ccn2)COc2ccc(C#CC3(O)CN(C(=O)C(F)(F)F)C3)cc21. The van der Waals surface area contributed by atoms with E-state index in [2.05, 4.69) is 22.1 Å². The van der Waals surface area contributed by atoms with Crippen molar-refractivity contribution in [2.24, 2.45) is 0 Å². The fourth-order valence-electron chi connectivity index (χ4n) is 4.31. The first kappa shape index (κ1) is 28.4. The van der Waals surface area contributed by atoms with Gasteiger partial charge in [0.2, 0.25) is 0 Å². The molecule has 10 nitrogen and oxygen atoms in total. The third-order valence-corrected chi connectivity index (χ3v) is 6.48. The highest BCUT2D eigenvalue weighted by molar-refractivity contribution is 6.03. The number of hydrogen-bond acceptors (Lipinski definition) is 7. The maximum absolute atomic E-state index is 13.2. The number of nitrogens with one attached hydrogen (secondary N) is 1. The number of para-hydroxylation sites is 1. The van der Waals surface area contributed by atoms with Gasteiger partial charge in [-0.25, -0.2) is 0 Å². The quantitative estimate of drug-likeness (QED) is 0.455. The molecule has 0 radical (unpaired) electrons. The van der Waals surface area contributed by atoms with Gasteiger partial charge in [0.25, 0.3) is 11.8 Å². The molecule has 216 valence electrons. The number of likely N-dealkylation sites (tertiary alicyclic amines) is 1. The third-order valence-electron chi connectivity index (χ3n) is 6.48. The normalized spacial score (nSPS) is 17.5. The number of fused-ring (bicyclic) bond motifs is 1. The predicted molar refractivity (Wildman–Crippen MR) is 142 cm³/mol. The monoisotopic (exact) mass is 580 g/mol. The largest absolute Gasteiger partial charge is 0.489 e. The zero-order valence-corrected chi connectivity index (χ0v) is 22.0. The number of rotatable bonds is 4. The Morgan fingerprint density at radius 1 is 1.12 bits per heavy atom. The summed E-state index contributed by atoms with van der Waals surface area (Å²) in [6, 6.07) is 15.6. The second-order valence-corrected chi connectivity index (χ2v) is 9.65. The number of amides is 3. The number of hydrogen-bond donors (Lipinski definition) is 2. The van der Waals surface area contributed by atoms with Crippen LogP contribution in [0.2, 0.25) is 0 Å². The van der Waals surface area contributed by atoms with E-state index in [1.807, 2.05) is 18.2 Å². The minimum Gasteiger partial charge on any atom is -0.489 e. The third kappa shape index (κ3) is 6.13. The van der Waals surface area contributed by atoms with Gasteiger partial charge in [0.15, 0.2) is 5.60 Å².